The van der Waals surface area contributed by atoms with E-state index in [1.807, 2.05) is 37.4 Å². The van der Waals surface area contributed by atoms with Gasteiger partial charge in [-0.15, -0.1) is 11.8 Å². The average molecular weight is 1090 g/mol. The Labute approximate surface area is 484 Å². The van der Waals surface area contributed by atoms with E-state index in [0.717, 1.165) is 30.0 Å². The molecule has 4 nitrogen and oxygen atoms in total. The normalized spacial score (nSPS) is 15.0. The van der Waals surface area contributed by atoms with Crippen LogP contribution in [0.15, 0.2) is 53.6 Å². The lowest BCUT2D eigenvalue weighted by Gasteiger charge is -2.26. The van der Waals surface area contributed by atoms with Gasteiger partial charge in [0.25, 0.3) is 0 Å². The predicted octanol–water partition coefficient (Wildman–Crippen LogP) is 25.0. The molecule has 2 atom stereocenters. The van der Waals surface area contributed by atoms with Crippen LogP contribution in [0.1, 0.15) is 378 Å². The first-order valence-corrected chi connectivity index (χ1v) is 35.3. The average Bonchev–Trinajstić information content (AvgIpc) is 3.78. The van der Waals surface area contributed by atoms with Crippen molar-refractivity contribution in [2.24, 2.45) is 0 Å². The minimum atomic E-state index is -0.712. The predicted molar refractivity (Wildman–Crippen MR) is 341 cm³/mol. The van der Waals surface area contributed by atoms with E-state index in [0.29, 0.717) is 6.61 Å². The van der Waals surface area contributed by atoms with Crippen LogP contribution in [-0.2, 0) is 16.1 Å². The van der Waals surface area contributed by atoms with Gasteiger partial charge < -0.3 is 9.84 Å². The summed E-state index contributed by atoms with van der Waals surface area (Å²) in [5.41, 5.74) is 2.29. The summed E-state index contributed by atoms with van der Waals surface area (Å²) in [5.74, 6) is -0.533. The SMILES string of the molecule is CCCCCCCCCCCCCCCCCCCCCCCCCCCCC1c2ccccc2SC1(C)C(=O)O.CCCCCCCCCCCCCCCCCCCCCCCCCCCCOCc1ccccn1. The Morgan fingerprint density at radius 3 is 1.04 bits per heavy atom. The molecule has 1 aliphatic rings. The zero-order valence-corrected chi connectivity index (χ0v) is 52.5. The molecule has 77 heavy (non-hydrogen) atoms. The van der Waals surface area contributed by atoms with Gasteiger partial charge in [0.15, 0.2) is 0 Å². The van der Waals surface area contributed by atoms with Crippen molar-refractivity contribution >= 4 is 17.7 Å². The van der Waals surface area contributed by atoms with E-state index in [9.17, 15) is 9.90 Å². The Kier molecular flexibility index (Phi) is 50.6. The van der Waals surface area contributed by atoms with Crippen LogP contribution in [-0.4, -0.2) is 27.4 Å². The zero-order chi connectivity index (χ0) is 55.1. The number of rotatable bonds is 57. The third kappa shape index (κ3) is 41.8. The number of aliphatic carboxylic acids is 1. The number of unbranched alkanes of at least 4 members (excludes halogenated alkanes) is 50. The van der Waals surface area contributed by atoms with Crippen LogP contribution in [0.2, 0.25) is 0 Å². The molecular weight excluding hydrogens is 959 g/mol. The molecule has 1 aromatic heterocycles. The van der Waals surface area contributed by atoms with Crippen molar-refractivity contribution in [3.63, 3.8) is 0 Å². The first-order valence-electron chi connectivity index (χ1n) is 34.5. The van der Waals surface area contributed by atoms with Crippen LogP contribution >= 0.6 is 11.8 Å². The second-order valence-electron chi connectivity index (χ2n) is 24.4. The number of nitrogens with zero attached hydrogens (tertiary/aromatic N) is 1. The number of hydrogen-bond donors (Lipinski definition) is 1. The van der Waals surface area contributed by atoms with Crippen molar-refractivity contribution in [2.45, 2.75) is 383 Å². The summed E-state index contributed by atoms with van der Waals surface area (Å²) in [7, 11) is 0. The van der Waals surface area contributed by atoms with Gasteiger partial charge in [0.05, 0.1) is 12.3 Å². The Balaban J connectivity index is 0.000000532. The Hall–Kier alpha value is -1.85. The first-order chi connectivity index (χ1) is 38.0. The van der Waals surface area contributed by atoms with E-state index in [4.69, 9.17) is 4.74 Å². The summed E-state index contributed by atoms with van der Waals surface area (Å²) in [4.78, 5) is 17.5. The van der Waals surface area contributed by atoms with E-state index in [-0.39, 0.29) is 5.92 Å². The highest BCUT2D eigenvalue weighted by Crippen LogP contribution is 2.55. The zero-order valence-electron chi connectivity index (χ0n) is 51.7. The number of ether oxygens (including phenoxy) is 1. The summed E-state index contributed by atoms with van der Waals surface area (Å²) in [6.45, 7) is 8.05. The van der Waals surface area contributed by atoms with Gasteiger partial charge in [-0.05, 0) is 43.5 Å². The number of aromatic nitrogens is 1. The maximum Gasteiger partial charge on any atom is 0.320 e. The summed E-state index contributed by atoms with van der Waals surface area (Å²) < 4.78 is 5.00. The van der Waals surface area contributed by atoms with E-state index >= 15 is 0 Å². The second kappa shape index (κ2) is 54.7. The molecule has 0 aliphatic carbocycles. The molecule has 0 radical (unpaired) electrons. The first kappa shape index (κ1) is 71.3. The quantitative estimate of drug-likeness (QED) is 0.0669. The lowest BCUT2D eigenvalue weighted by Crippen LogP contribution is -2.35. The third-order valence-electron chi connectivity index (χ3n) is 17.2. The highest BCUT2D eigenvalue weighted by atomic mass is 32.2. The van der Waals surface area contributed by atoms with Gasteiger partial charge in [0.2, 0.25) is 0 Å². The molecule has 0 spiro atoms. The molecule has 2 aromatic rings. The summed E-state index contributed by atoms with van der Waals surface area (Å²) in [6.07, 6.45) is 77.1. The molecule has 0 bridgehead atoms. The molecule has 2 unspecified atom stereocenters. The number of thioether (sulfide) groups is 1. The van der Waals surface area contributed by atoms with Gasteiger partial charge in [0, 0.05) is 23.6 Å². The number of carboxylic acid groups (broad SMARTS) is 1. The van der Waals surface area contributed by atoms with Crippen LogP contribution in [0.4, 0.5) is 0 Å². The summed E-state index contributed by atoms with van der Waals surface area (Å²) in [6, 6.07) is 14.3. The third-order valence-corrected chi connectivity index (χ3v) is 18.6. The molecule has 0 saturated carbocycles. The highest BCUT2D eigenvalue weighted by Gasteiger charge is 2.48. The molecule has 1 aliphatic heterocycles. The Bertz CT molecular complexity index is 1520. The number of benzene rings is 1. The van der Waals surface area contributed by atoms with Crippen LogP contribution in [0.5, 0.6) is 0 Å². The van der Waals surface area contributed by atoms with Crippen LogP contribution in [0.25, 0.3) is 0 Å². The minimum Gasteiger partial charge on any atom is -0.480 e. The fraction of sp³-hybridized carbons (Fsp3) is 0.833. The van der Waals surface area contributed by atoms with Crippen molar-refractivity contribution in [1.82, 2.24) is 4.98 Å². The fourth-order valence-corrected chi connectivity index (χ4v) is 13.3. The topological polar surface area (TPSA) is 59.4 Å². The smallest absolute Gasteiger partial charge is 0.320 e. The maximum atomic E-state index is 12.0. The lowest BCUT2D eigenvalue weighted by atomic mass is 9.83. The number of pyridine rings is 1. The van der Waals surface area contributed by atoms with Gasteiger partial charge >= 0.3 is 5.97 Å². The van der Waals surface area contributed by atoms with Crippen molar-refractivity contribution in [3.05, 3.63) is 59.9 Å². The van der Waals surface area contributed by atoms with Gasteiger partial charge in [-0.1, -0.05) is 366 Å². The van der Waals surface area contributed by atoms with Crippen LogP contribution in [0.3, 0.4) is 0 Å². The molecule has 3 rings (SSSR count). The van der Waals surface area contributed by atoms with E-state index in [2.05, 4.69) is 37.0 Å². The van der Waals surface area contributed by atoms with E-state index < -0.39 is 10.7 Å². The molecule has 0 amide bonds. The van der Waals surface area contributed by atoms with Crippen LogP contribution < -0.4 is 0 Å². The second-order valence-corrected chi connectivity index (χ2v) is 25.9. The number of carboxylic acids is 1. The van der Waals surface area contributed by atoms with Crippen molar-refractivity contribution in [3.8, 4) is 0 Å². The molecule has 1 N–H and O–H groups in total. The van der Waals surface area contributed by atoms with Crippen molar-refractivity contribution in [2.75, 3.05) is 6.61 Å². The molecule has 0 saturated heterocycles. The maximum absolute atomic E-state index is 12.0. The number of fused-ring (bicyclic) bond motifs is 1. The minimum absolute atomic E-state index is 0.135. The van der Waals surface area contributed by atoms with Crippen molar-refractivity contribution in [1.29, 1.82) is 0 Å². The summed E-state index contributed by atoms with van der Waals surface area (Å²) in [5, 5.41) is 9.89. The van der Waals surface area contributed by atoms with Gasteiger partial charge in [-0.25, -0.2) is 0 Å². The highest BCUT2D eigenvalue weighted by molar-refractivity contribution is 8.01. The van der Waals surface area contributed by atoms with Gasteiger partial charge in [-0.3, -0.25) is 9.78 Å². The largest absolute Gasteiger partial charge is 0.480 e. The Morgan fingerprint density at radius 1 is 0.429 bits per heavy atom. The lowest BCUT2D eigenvalue weighted by molar-refractivity contribution is -0.140. The van der Waals surface area contributed by atoms with Crippen LogP contribution in [0, 0.1) is 0 Å². The molecule has 1 aromatic carbocycles. The number of carbonyl (C=O) groups is 1. The van der Waals surface area contributed by atoms with Crippen molar-refractivity contribution < 1.29 is 14.6 Å². The molecule has 5 heteroatoms. The molecule has 0 fully saturated rings. The number of hydrogen-bond acceptors (Lipinski definition) is 4. The molecule has 2 heterocycles. The standard InChI is InChI=1S/C38H66O2S.C34H63NO/c1-3-4-5-6-7-8-9-10-11-12-13-14-15-16-17-18-19-20-21-22-23-24-25-26-27-28-32-35-34-31-29-30-33-36(34)41-38(35,2)37(39)40;1-2-3-4-5-6-7-8-9-10-11-12-13-14-15-16-17-18-19-20-21-22-23-24-25-26-29-32-36-33-34-30-27-28-31-35-34/h29-31,33,35H,3-28,32H2,1-2H3,(H,39,40);27-28,30-31H,2-26,29,32-33H2,1H3. The van der Waals surface area contributed by atoms with Gasteiger partial charge in [-0.2, -0.15) is 0 Å². The fourth-order valence-electron chi connectivity index (χ4n) is 11.9. The molecular formula is C72H129NO3S. The molecule has 446 valence electrons. The van der Waals surface area contributed by atoms with E-state index in [1.54, 1.807) is 11.8 Å². The van der Waals surface area contributed by atoms with Gasteiger partial charge in [0.1, 0.15) is 4.75 Å². The van der Waals surface area contributed by atoms with E-state index in [1.165, 1.54) is 333 Å². The summed E-state index contributed by atoms with van der Waals surface area (Å²) >= 11 is 1.55. The monoisotopic (exact) mass is 1090 g/mol. The Morgan fingerprint density at radius 2 is 0.727 bits per heavy atom.